The molecule has 2 N–H and O–H groups in total. The average Bonchev–Trinajstić information content (AvgIpc) is 3.04. The maximum atomic E-state index is 12.5. The molecule has 2 aromatic rings. The van der Waals surface area contributed by atoms with E-state index in [2.05, 4.69) is 21.5 Å². The Labute approximate surface area is 130 Å². The molecule has 1 saturated heterocycles. The zero-order valence-electron chi connectivity index (χ0n) is 12.8. The second-order valence-electron chi connectivity index (χ2n) is 5.61. The molecule has 0 bridgehead atoms. The topological polar surface area (TPSA) is 77.0 Å². The first-order valence-electron chi connectivity index (χ1n) is 7.71. The van der Waals surface area contributed by atoms with E-state index in [1.54, 1.807) is 18.3 Å². The van der Waals surface area contributed by atoms with Crippen molar-refractivity contribution in [3.8, 4) is 0 Å². The number of pyridine rings is 1. The first-order chi connectivity index (χ1) is 10.7. The van der Waals surface area contributed by atoms with Crippen LogP contribution in [-0.4, -0.2) is 38.4 Å². The first-order valence-corrected chi connectivity index (χ1v) is 7.71. The maximum Gasteiger partial charge on any atom is 0.255 e. The number of aromatic nitrogens is 3. The highest BCUT2D eigenvalue weighted by Crippen LogP contribution is 2.27. The minimum absolute atomic E-state index is 0.0322. The van der Waals surface area contributed by atoms with Gasteiger partial charge in [-0.15, -0.1) is 0 Å². The number of imidazole rings is 1. The number of rotatable bonds is 3. The quantitative estimate of drug-likeness (QED) is 0.939. The zero-order valence-corrected chi connectivity index (χ0v) is 12.8. The van der Waals surface area contributed by atoms with Crippen LogP contribution in [0.15, 0.2) is 30.7 Å². The number of carbonyl (C=O) groups excluding carboxylic acids is 1. The summed E-state index contributed by atoms with van der Waals surface area (Å²) >= 11 is 0. The van der Waals surface area contributed by atoms with E-state index in [1.807, 2.05) is 17.3 Å². The fourth-order valence-electron chi connectivity index (χ4n) is 3.00. The van der Waals surface area contributed by atoms with Gasteiger partial charge in [-0.05, 0) is 31.9 Å². The summed E-state index contributed by atoms with van der Waals surface area (Å²) in [7, 11) is 0. The van der Waals surface area contributed by atoms with Crippen LogP contribution in [-0.2, 0) is 6.54 Å². The lowest BCUT2D eigenvalue weighted by Gasteiger charge is -2.32. The van der Waals surface area contributed by atoms with Gasteiger partial charge >= 0.3 is 0 Å². The lowest BCUT2D eigenvalue weighted by atomic mass is 9.95. The number of piperidine rings is 1. The summed E-state index contributed by atoms with van der Waals surface area (Å²) in [5.41, 5.74) is 6.16. The second kappa shape index (κ2) is 6.17. The van der Waals surface area contributed by atoms with Crippen LogP contribution in [0, 0.1) is 0 Å². The average molecular weight is 299 g/mol. The van der Waals surface area contributed by atoms with Crippen LogP contribution in [0.4, 0.5) is 5.82 Å². The summed E-state index contributed by atoms with van der Waals surface area (Å²) in [4.78, 5) is 22.8. The van der Waals surface area contributed by atoms with Gasteiger partial charge in [0, 0.05) is 44.1 Å². The lowest BCUT2D eigenvalue weighted by Crippen LogP contribution is -2.38. The van der Waals surface area contributed by atoms with Gasteiger partial charge in [-0.1, -0.05) is 0 Å². The molecule has 1 fully saturated rings. The monoisotopic (exact) mass is 299 g/mol. The Morgan fingerprint density at radius 2 is 2.09 bits per heavy atom. The van der Waals surface area contributed by atoms with Crippen LogP contribution < -0.4 is 5.73 Å². The van der Waals surface area contributed by atoms with E-state index in [4.69, 9.17) is 5.73 Å². The minimum atomic E-state index is 0.0322. The molecule has 0 aromatic carbocycles. The highest BCUT2D eigenvalue weighted by atomic mass is 16.2. The van der Waals surface area contributed by atoms with Crippen molar-refractivity contribution in [1.82, 2.24) is 19.4 Å². The fourth-order valence-corrected chi connectivity index (χ4v) is 3.00. The Morgan fingerprint density at radius 3 is 2.73 bits per heavy atom. The van der Waals surface area contributed by atoms with Crippen LogP contribution in [0.3, 0.4) is 0 Å². The van der Waals surface area contributed by atoms with E-state index >= 15 is 0 Å². The number of nitrogens with two attached hydrogens (primary N) is 1. The van der Waals surface area contributed by atoms with Crippen LogP contribution in [0.25, 0.3) is 0 Å². The smallest absolute Gasteiger partial charge is 0.255 e. The summed E-state index contributed by atoms with van der Waals surface area (Å²) in [5.74, 6) is 2.04. The predicted octanol–water partition coefficient (Wildman–Crippen LogP) is 1.90. The van der Waals surface area contributed by atoms with Gasteiger partial charge in [-0.3, -0.25) is 4.79 Å². The molecule has 116 valence electrons. The van der Waals surface area contributed by atoms with Crippen molar-refractivity contribution in [2.45, 2.75) is 32.2 Å². The third-order valence-corrected chi connectivity index (χ3v) is 4.27. The van der Waals surface area contributed by atoms with Crippen molar-refractivity contribution in [3.63, 3.8) is 0 Å². The lowest BCUT2D eigenvalue weighted by molar-refractivity contribution is 0.0710. The minimum Gasteiger partial charge on any atom is -0.384 e. The highest BCUT2D eigenvalue weighted by molar-refractivity contribution is 5.94. The molecule has 0 radical (unpaired) electrons. The van der Waals surface area contributed by atoms with Crippen molar-refractivity contribution < 1.29 is 4.79 Å². The molecule has 0 atom stereocenters. The molecule has 0 unspecified atom stereocenters. The van der Waals surface area contributed by atoms with Crippen LogP contribution in [0.5, 0.6) is 0 Å². The standard InChI is InChI=1S/C16H21N5O/c1-2-20-10-7-18-15(20)12-5-8-21(9-6-12)16(22)13-3-4-14(17)19-11-13/h3-4,7,10-12H,2,5-6,8-9H2,1H3,(H2,17,19). The molecule has 2 aromatic heterocycles. The van der Waals surface area contributed by atoms with Gasteiger partial charge in [0.15, 0.2) is 0 Å². The van der Waals surface area contributed by atoms with E-state index in [0.717, 1.165) is 38.3 Å². The number of hydrogen-bond acceptors (Lipinski definition) is 4. The highest BCUT2D eigenvalue weighted by Gasteiger charge is 2.26. The van der Waals surface area contributed by atoms with Crippen LogP contribution >= 0.6 is 0 Å². The van der Waals surface area contributed by atoms with E-state index in [0.29, 0.717) is 17.3 Å². The number of carbonyl (C=O) groups is 1. The van der Waals surface area contributed by atoms with Gasteiger partial charge < -0.3 is 15.2 Å². The van der Waals surface area contributed by atoms with Crippen molar-refractivity contribution in [3.05, 3.63) is 42.1 Å². The molecule has 6 heteroatoms. The number of nitrogen functional groups attached to an aromatic ring is 1. The van der Waals surface area contributed by atoms with E-state index in [1.165, 1.54) is 0 Å². The van der Waals surface area contributed by atoms with Gasteiger partial charge in [0.1, 0.15) is 11.6 Å². The molecule has 22 heavy (non-hydrogen) atoms. The van der Waals surface area contributed by atoms with Gasteiger partial charge in [0.2, 0.25) is 0 Å². The Hall–Kier alpha value is -2.37. The summed E-state index contributed by atoms with van der Waals surface area (Å²) in [6.07, 6.45) is 7.33. The SMILES string of the molecule is CCn1ccnc1C1CCN(C(=O)c2ccc(N)nc2)CC1. The molecule has 0 saturated carbocycles. The summed E-state index contributed by atoms with van der Waals surface area (Å²) in [6, 6.07) is 3.40. The molecule has 3 rings (SSSR count). The normalized spacial score (nSPS) is 16.0. The Kier molecular flexibility index (Phi) is 4.09. The Bertz CT molecular complexity index is 641. The van der Waals surface area contributed by atoms with Crippen LogP contribution in [0.1, 0.15) is 41.9 Å². The molecule has 1 aliphatic heterocycles. The Morgan fingerprint density at radius 1 is 1.32 bits per heavy atom. The van der Waals surface area contributed by atoms with Gasteiger partial charge in [-0.25, -0.2) is 9.97 Å². The summed E-state index contributed by atoms with van der Waals surface area (Å²) in [5, 5.41) is 0. The van der Waals surface area contributed by atoms with Crippen molar-refractivity contribution in [2.75, 3.05) is 18.8 Å². The predicted molar refractivity (Wildman–Crippen MR) is 84.4 cm³/mol. The zero-order chi connectivity index (χ0) is 15.5. The van der Waals surface area contributed by atoms with Crippen molar-refractivity contribution >= 4 is 11.7 Å². The van der Waals surface area contributed by atoms with Crippen LogP contribution in [0.2, 0.25) is 0 Å². The van der Waals surface area contributed by atoms with E-state index in [-0.39, 0.29) is 5.91 Å². The van der Waals surface area contributed by atoms with Gasteiger partial charge in [-0.2, -0.15) is 0 Å². The van der Waals surface area contributed by atoms with Crippen molar-refractivity contribution in [1.29, 1.82) is 0 Å². The summed E-state index contributed by atoms with van der Waals surface area (Å²) < 4.78 is 2.19. The molecule has 6 nitrogen and oxygen atoms in total. The molecule has 1 aliphatic rings. The van der Waals surface area contributed by atoms with Gasteiger partial charge in [0.05, 0.1) is 5.56 Å². The largest absolute Gasteiger partial charge is 0.384 e. The molecule has 0 spiro atoms. The molecular weight excluding hydrogens is 278 g/mol. The second-order valence-corrected chi connectivity index (χ2v) is 5.61. The number of amides is 1. The fraction of sp³-hybridized carbons (Fsp3) is 0.438. The maximum absolute atomic E-state index is 12.5. The van der Waals surface area contributed by atoms with E-state index < -0.39 is 0 Å². The van der Waals surface area contributed by atoms with Crippen molar-refractivity contribution in [2.24, 2.45) is 0 Å². The summed E-state index contributed by atoms with van der Waals surface area (Å²) in [6.45, 7) is 4.57. The number of hydrogen-bond donors (Lipinski definition) is 1. The van der Waals surface area contributed by atoms with E-state index in [9.17, 15) is 4.79 Å². The molecule has 1 amide bonds. The number of likely N-dealkylation sites (tertiary alicyclic amines) is 1. The first kappa shape index (κ1) is 14.6. The molecule has 0 aliphatic carbocycles. The third kappa shape index (κ3) is 2.81. The third-order valence-electron chi connectivity index (χ3n) is 4.27. The molecular formula is C16H21N5O. The number of nitrogens with zero attached hydrogens (tertiary/aromatic N) is 4. The Balaban J connectivity index is 1.64. The molecule has 3 heterocycles. The number of anilines is 1. The number of aryl methyl sites for hydroxylation is 1. The van der Waals surface area contributed by atoms with Gasteiger partial charge in [0.25, 0.3) is 5.91 Å².